The minimum Gasteiger partial charge on any atom is -0.309 e. The zero-order valence-corrected chi connectivity index (χ0v) is 13.9. The summed E-state index contributed by atoms with van der Waals surface area (Å²) in [6, 6.07) is 6.11. The molecule has 0 spiro atoms. The van der Waals surface area contributed by atoms with E-state index in [-0.39, 0.29) is 6.04 Å². The number of aryl methyl sites for hydroxylation is 1. The molecule has 0 aliphatic heterocycles. The van der Waals surface area contributed by atoms with Gasteiger partial charge >= 0.3 is 0 Å². The van der Waals surface area contributed by atoms with E-state index in [2.05, 4.69) is 36.4 Å². The molecule has 5 heteroatoms. The Kier molecular flexibility index (Phi) is 5.37. The first-order valence-electron chi connectivity index (χ1n) is 7.56. The van der Waals surface area contributed by atoms with E-state index in [4.69, 9.17) is 11.6 Å². The average Bonchev–Trinajstić information content (AvgIpc) is 2.88. The van der Waals surface area contributed by atoms with Crippen LogP contribution < -0.4 is 5.32 Å². The number of halogens is 1. The summed E-state index contributed by atoms with van der Waals surface area (Å²) in [7, 11) is 0. The van der Waals surface area contributed by atoms with Gasteiger partial charge in [0.25, 0.3) is 0 Å². The van der Waals surface area contributed by atoms with E-state index in [1.807, 2.05) is 29.8 Å². The summed E-state index contributed by atoms with van der Waals surface area (Å²) in [6.07, 6.45) is 1.89. The smallest absolute Gasteiger partial charge is 0.103 e. The van der Waals surface area contributed by atoms with Gasteiger partial charge < -0.3 is 5.32 Å². The highest BCUT2D eigenvalue weighted by Gasteiger charge is 2.20. The van der Waals surface area contributed by atoms with Crippen molar-refractivity contribution in [1.29, 1.82) is 0 Å². The Morgan fingerprint density at radius 2 is 2.05 bits per heavy atom. The van der Waals surface area contributed by atoms with E-state index < -0.39 is 0 Å². The van der Waals surface area contributed by atoms with Crippen LogP contribution in [0.15, 0.2) is 18.2 Å². The Balaban J connectivity index is 2.48. The predicted molar refractivity (Wildman–Crippen MR) is 87.2 cm³/mol. The van der Waals surface area contributed by atoms with Gasteiger partial charge in [-0.15, -0.1) is 5.10 Å². The van der Waals surface area contributed by atoms with E-state index in [1.54, 1.807) is 0 Å². The summed E-state index contributed by atoms with van der Waals surface area (Å²) in [6.45, 7) is 9.39. The molecule has 0 saturated carbocycles. The topological polar surface area (TPSA) is 42.7 Å². The fourth-order valence-electron chi connectivity index (χ4n) is 2.65. The summed E-state index contributed by atoms with van der Waals surface area (Å²) in [4.78, 5) is 0. The minimum atomic E-state index is 0.256. The number of benzene rings is 1. The van der Waals surface area contributed by atoms with E-state index >= 15 is 0 Å². The van der Waals surface area contributed by atoms with E-state index in [0.717, 1.165) is 47.0 Å². The molecule has 1 N–H and O–H groups in total. The molecule has 0 amide bonds. The molecule has 1 aromatic heterocycles. The maximum absolute atomic E-state index is 6.04. The molecule has 1 heterocycles. The van der Waals surface area contributed by atoms with Gasteiger partial charge in [0, 0.05) is 5.02 Å². The molecule has 1 aromatic carbocycles. The summed E-state index contributed by atoms with van der Waals surface area (Å²) in [5.74, 6) is 0. The third-order valence-electron chi connectivity index (χ3n) is 3.70. The van der Waals surface area contributed by atoms with Crippen LogP contribution in [0.4, 0.5) is 0 Å². The molecule has 0 radical (unpaired) electrons. The molecular formula is C16H23ClN4. The normalized spacial score (nSPS) is 12.6. The Morgan fingerprint density at radius 3 is 2.62 bits per heavy atom. The van der Waals surface area contributed by atoms with Gasteiger partial charge in [-0.25, -0.2) is 4.68 Å². The van der Waals surface area contributed by atoms with Gasteiger partial charge in [0.2, 0.25) is 0 Å². The van der Waals surface area contributed by atoms with Crippen LogP contribution in [0.3, 0.4) is 0 Å². The number of hydrogen-bond donors (Lipinski definition) is 1. The molecule has 0 fully saturated rings. The zero-order chi connectivity index (χ0) is 15.4. The molecule has 1 unspecified atom stereocenters. The van der Waals surface area contributed by atoms with Crippen molar-refractivity contribution in [2.24, 2.45) is 0 Å². The lowest BCUT2D eigenvalue weighted by Gasteiger charge is -2.15. The quantitative estimate of drug-likeness (QED) is 0.881. The number of nitrogens with zero attached hydrogens (tertiary/aromatic N) is 3. The first-order valence-corrected chi connectivity index (χ1v) is 7.94. The van der Waals surface area contributed by atoms with Crippen LogP contribution in [0.25, 0.3) is 5.69 Å². The van der Waals surface area contributed by atoms with Crippen LogP contribution in [0.5, 0.6) is 0 Å². The lowest BCUT2D eigenvalue weighted by atomic mass is 10.1. The molecule has 0 saturated heterocycles. The minimum absolute atomic E-state index is 0.256. The average molecular weight is 307 g/mol. The standard InChI is InChI=1S/C16H23ClN4/c1-5-13(18-7-3)16-14(6-2)21(20-19-16)15-9-8-12(17)10-11(15)4/h8-10,13,18H,5-7H2,1-4H3. The number of hydrogen-bond acceptors (Lipinski definition) is 3. The van der Waals surface area contributed by atoms with Gasteiger partial charge in [-0.3, -0.25) is 0 Å². The van der Waals surface area contributed by atoms with Crippen molar-refractivity contribution >= 4 is 11.6 Å². The van der Waals surface area contributed by atoms with Crippen molar-refractivity contribution in [3.05, 3.63) is 40.2 Å². The summed E-state index contributed by atoms with van der Waals surface area (Å²) in [5.41, 5.74) is 4.36. The van der Waals surface area contributed by atoms with Crippen LogP contribution in [0, 0.1) is 6.92 Å². The molecular weight excluding hydrogens is 284 g/mol. The molecule has 2 aromatic rings. The highest BCUT2D eigenvalue weighted by atomic mass is 35.5. The molecule has 114 valence electrons. The number of nitrogens with one attached hydrogen (secondary N) is 1. The Hall–Kier alpha value is -1.39. The van der Waals surface area contributed by atoms with Gasteiger partial charge in [0.15, 0.2) is 0 Å². The van der Waals surface area contributed by atoms with Gasteiger partial charge in [0.1, 0.15) is 5.69 Å². The first kappa shape index (κ1) is 16.0. The second-order valence-electron chi connectivity index (χ2n) is 5.14. The fraction of sp³-hybridized carbons (Fsp3) is 0.500. The molecule has 4 nitrogen and oxygen atoms in total. The van der Waals surface area contributed by atoms with Crippen LogP contribution in [-0.2, 0) is 6.42 Å². The van der Waals surface area contributed by atoms with Crippen molar-refractivity contribution in [3.8, 4) is 5.69 Å². The molecule has 0 aliphatic carbocycles. The summed E-state index contributed by atoms with van der Waals surface area (Å²) in [5, 5.41) is 13.0. The van der Waals surface area contributed by atoms with Crippen molar-refractivity contribution in [2.75, 3.05) is 6.54 Å². The Labute approximate surface area is 131 Å². The van der Waals surface area contributed by atoms with Crippen LogP contribution >= 0.6 is 11.6 Å². The summed E-state index contributed by atoms with van der Waals surface area (Å²) < 4.78 is 1.95. The summed E-state index contributed by atoms with van der Waals surface area (Å²) >= 11 is 6.04. The van der Waals surface area contributed by atoms with Crippen LogP contribution in [0.1, 0.15) is 50.2 Å². The van der Waals surface area contributed by atoms with Crippen molar-refractivity contribution in [2.45, 2.75) is 46.6 Å². The second-order valence-corrected chi connectivity index (χ2v) is 5.57. The third-order valence-corrected chi connectivity index (χ3v) is 3.94. The van der Waals surface area contributed by atoms with Crippen molar-refractivity contribution in [3.63, 3.8) is 0 Å². The van der Waals surface area contributed by atoms with E-state index in [0.29, 0.717) is 0 Å². The SMILES string of the molecule is CCNC(CC)c1nnn(-c2ccc(Cl)cc2C)c1CC. The van der Waals surface area contributed by atoms with E-state index in [1.165, 1.54) is 0 Å². The molecule has 2 rings (SSSR count). The maximum Gasteiger partial charge on any atom is 0.103 e. The number of aromatic nitrogens is 3. The molecule has 0 aliphatic rings. The monoisotopic (exact) mass is 306 g/mol. The van der Waals surface area contributed by atoms with Crippen LogP contribution in [0.2, 0.25) is 5.02 Å². The highest BCUT2D eigenvalue weighted by Crippen LogP contribution is 2.24. The third kappa shape index (κ3) is 3.27. The van der Waals surface area contributed by atoms with Gasteiger partial charge in [-0.1, -0.05) is 37.6 Å². The fourth-order valence-corrected chi connectivity index (χ4v) is 2.87. The first-order chi connectivity index (χ1) is 10.1. The van der Waals surface area contributed by atoms with Gasteiger partial charge in [-0.05, 0) is 50.1 Å². The number of rotatable bonds is 6. The van der Waals surface area contributed by atoms with Gasteiger partial charge in [-0.2, -0.15) is 0 Å². The molecule has 1 atom stereocenters. The van der Waals surface area contributed by atoms with Gasteiger partial charge in [0.05, 0.1) is 17.4 Å². The van der Waals surface area contributed by atoms with Crippen molar-refractivity contribution < 1.29 is 0 Å². The predicted octanol–water partition coefficient (Wildman–Crippen LogP) is 3.85. The zero-order valence-electron chi connectivity index (χ0n) is 13.2. The highest BCUT2D eigenvalue weighted by molar-refractivity contribution is 6.30. The Bertz CT molecular complexity index is 606. The Morgan fingerprint density at radius 1 is 1.29 bits per heavy atom. The second kappa shape index (κ2) is 7.05. The van der Waals surface area contributed by atoms with Crippen LogP contribution in [-0.4, -0.2) is 21.5 Å². The van der Waals surface area contributed by atoms with E-state index in [9.17, 15) is 0 Å². The lowest BCUT2D eigenvalue weighted by molar-refractivity contribution is 0.520. The lowest BCUT2D eigenvalue weighted by Crippen LogP contribution is -2.21. The molecule has 0 bridgehead atoms. The largest absolute Gasteiger partial charge is 0.309 e. The van der Waals surface area contributed by atoms with Crippen molar-refractivity contribution in [1.82, 2.24) is 20.3 Å². The molecule has 21 heavy (non-hydrogen) atoms. The maximum atomic E-state index is 6.04.